The van der Waals surface area contributed by atoms with Crippen molar-refractivity contribution in [1.82, 2.24) is 5.32 Å². The number of ether oxygens (including phenoxy) is 1. The van der Waals surface area contributed by atoms with Crippen molar-refractivity contribution in [3.05, 3.63) is 58.6 Å². The Balaban J connectivity index is 1.98. The third kappa shape index (κ3) is 6.03. The first-order chi connectivity index (χ1) is 12.0. The van der Waals surface area contributed by atoms with Gasteiger partial charge in [0.15, 0.2) is 5.11 Å². The van der Waals surface area contributed by atoms with E-state index in [1.165, 1.54) is 0 Å². The highest BCUT2D eigenvalue weighted by Crippen LogP contribution is 2.20. The first-order valence-corrected chi connectivity index (χ1v) is 8.89. The van der Waals surface area contributed by atoms with E-state index in [-0.39, 0.29) is 11.0 Å². The lowest BCUT2D eigenvalue weighted by Gasteiger charge is -2.12. The first-order valence-electron chi connectivity index (χ1n) is 8.11. The van der Waals surface area contributed by atoms with Crippen LogP contribution in [0.4, 0.5) is 5.69 Å². The summed E-state index contributed by atoms with van der Waals surface area (Å²) in [5.41, 5.74) is 2.22. The van der Waals surface area contributed by atoms with Gasteiger partial charge in [-0.1, -0.05) is 37.1 Å². The Hall–Kier alpha value is -2.11. The number of unbranched alkanes of at least 4 members (excludes halogenated alkanes) is 1. The van der Waals surface area contributed by atoms with Crippen molar-refractivity contribution in [2.45, 2.75) is 26.7 Å². The molecule has 1 amide bonds. The number of thiocarbonyl (C=S) groups is 1. The van der Waals surface area contributed by atoms with Crippen molar-refractivity contribution in [3.8, 4) is 5.75 Å². The molecular formula is C19H21ClN2O2S. The normalized spacial score (nSPS) is 10.2. The first kappa shape index (κ1) is 19.2. The SMILES string of the molecule is CCCCOc1cccc(C(=O)NC(=S)Nc2cc(Cl)ccc2C)c1. The van der Waals surface area contributed by atoms with Gasteiger partial charge < -0.3 is 10.1 Å². The minimum atomic E-state index is -0.293. The van der Waals surface area contributed by atoms with Gasteiger partial charge in [-0.15, -0.1) is 0 Å². The van der Waals surface area contributed by atoms with Gasteiger partial charge >= 0.3 is 0 Å². The monoisotopic (exact) mass is 376 g/mol. The molecule has 0 saturated carbocycles. The van der Waals surface area contributed by atoms with Crippen LogP contribution in [0, 0.1) is 6.92 Å². The van der Waals surface area contributed by atoms with E-state index in [9.17, 15) is 4.79 Å². The standard InChI is InChI=1S/C19H21ClN2O2S/c1-3-4-10-24-16-7-5-6-14(11-16)18(23)22-19(25)21-17-12-15(20)9-8-13(17)2/h5-9,11-12H,3-4,10H2,1-2H3,(H2,21,22,23,25). The number of rotatable bonds is 6. The molecule has 0 saturated heterocycles. The second-order valence-corrected chi connectivity index (χ2v) is 6.44. The molecule has 0 aliphatic heterocycles. The highest BCUT2D eigenvalue weighted by molar-refractivity contribution is 7.80. The van der Waals surface area contributed by atoms with Crippen LogP contribution in [0.2, 0.25) is 5.02 Å². The fourth-order valence-electron chi connectivity index (χ4n) is 2.12. The highest BCUT2D eigenvalue weighted by Gasteiger charge is 2.10. The average molecular weight is 377 g/mol. The van der Waals surface area contributed by atoms with Crippen molar-refractivity contribution < 1.29 is 9.53 Å². The Bertz CT molecular complexity index is 765. The number of benzene rings is 2. The van der Waals surface area contributed by atoms with E-state index in [4.69, 9.17) is 28.6 Å². The fraction of sp³-hybridized carbons (Fsp3) is 0.263. The molecule has 0 aromatic heterocycles. The van der Waals surface area contributed by atoms with E-state index in [0.29, 0.717) is 22.9 Å². The molecular weight excluding hydrogens is 356 g/mol. The number of anilines is 1. The predicted octanol–water partition coefficient (Wildman–Crippen LogP) is 4.95. The van der Waals surface area contributed by atoms with Crippen molar-refractivity contribution in [2.24, 2.45) is 0 Å². The average Bonchev–Trinajstić information content (AvgIpc) is 2.58. The summed E-state index contributed by atoms with van der Waals surface area (Å²) in [5, 5.41) is 6.47. The molecule has 0 spiro atoms. The van der Waals surface area contributed by atoms with E-state index in [1.807, 2.05) is 19.1 Å². The molecule has 0 radical (unpaired) electrons. The van der Waals surface area contributed by atoms with Crippen LogP contribution in [0.15, 0.2) is 42.5 Å². The van der Waals surface area contributed by atoms with Gasteiger partial charge in [-0.25, -0.2) is 0 Å². The lowest BCUT2D eigenvalue weighted by molar-refractivity contribution is 0.0977. The Morgan fingerprint density at radius 3 is 2.80 bits per heavy atom. The van der Waals surface area contributed by atoms with Crippen LogP contribution in [0.5, 0.6) is 5.75 Å². The second kappa shape index (κ2) is 9.39. The third-order valence-corrected chi connectivity index (χ3v) is 3.98. The van der Waals surface area contributed by atoms with Gasteiger partial charge in [-0.2, -0.15) is 0 Å². The molecule has 0 atom stereocenters. The van der Waals surface area contributed by atoms with Gasteiger partial charge in [-0.05, 0) is 61.5 Å². The smallest absolute Gasteiger partial charge is 0.257 e. The number of nitrogens with one attached hydrogen (secondary N) is 2. The summed E-state index contributed by atoms with van der Waals surface area (Å²) < 4.78 is 5.62. The number of hydrogen-bond acceptors (Lipinski definition) is 3. The molecule has 2 aromatic rings. The van der Waals surface area contributed by atoms with Gasteiger partial charge in [-0.3, -0.25) is 10.1 Å². The maximum atomic E-state index is 12.4. The Morgan fingerprint density at radius 1 is 1.24 bits per heavy atom. The molecule has 0 aliphatic rings. The lowest BCUT2D eigenvalue weighted by atomic mass is 10.2. The summed E-state index contributed by atoms with van der Waals surface area (Å²) in [5.74, 6) is 0.379. The van der Waals surface area contributed by atoms with Crippen molar-refractivity contribution in [3.63, 3.8) is 0 Å². The van der Waals surface area contributed by atoms with Crippen LogP contribution in [-0.2, 0) is 0 Å². The summed E-state index contributed by atoms with van der Waals surface area (Å²) in [6.45, 7) is 4.67. The quantitative estimate of drug-likeness (QED) is 0.553. The minimum absolute atomic E-state index is 0.215. The van der Waals surface area contributed by atoms with Gasteiger partial charge in [0.25, 0.3) is 5.91 Å². The lowest BCUT2D eigenvalue weighted by Crippen LogP contribution is -2.34. The number of amides is 1. The summed E-state index contributed by atoms with van der Waals surface area (Å²) in [4.78, 5) is 12.4. The minimum Gasteiger partial charge on any atom is -0.494 e. The number of hydrogen-bond donors (Lipinski definition) is 2. The number of aryl methyl sites for hydroxylation is 1. The van der Waals surface area contributed by atoms with Gasteiger partial charge in [0, 0.05) is 16.3 Å². The van der Waals surface area contributed by atoms with E-state index in [1.54, 1.807) is 30.3 Å². The molecule has 0 heterocycles. The third-order valence-electron chi connectivity index (χ3n) is 3.54. The molecule has 6 heteroatoms. The Morgan fingerprint density at radius 2 is 2.04 bits per heavy atom. The Kier molecular flexibility index (Phi) is 7.22. The van der Waals surface area contributed by atoms with Gasteiger partial charge in [0.05, 0.1) is 6.61 Å². The highest BCUT2D eigenvalue weighted by atomic mass is 35.5. The molecule has 2 aromatic carbocycles. The van der Waals surface area contributed by atoms with Crippen LogP contribution >= 0.6 is 23.8 Å². The maximum absolute atomic E-state index is 12.4. The van der Waals surface area contributed by atoms with Crippen molar-refractivity contribution in [2.75, 3.05) is 11.9 Å². The zero-order valence-electron chi connectivity index (χ0n) is 14.3. The van der Waals surface area contributed by atoms with Crippen LogP contribution < -0.4 is 15.4 Å². The van der Waals surface area contributed by atoms with E-state index < -0.39 is 0 Å². The molecule has 2 rings (SSSR count). The molecule has 2 N–H and O–H groups in total. The number of carbonyl (C=O) groups excluding carboxylic acids is 1. The molecule has 4 nitrogen and oxygen atoms in total. The molecule has 0 fully saturated rings. The molecule has 0 unspecified atom stereocenters. The maximum Gasteiger partial charge on any atom is 0.257 e. The van der Waals surface area contributed by atoms with Gasteiger partial charge in [0.1, 0.15) is 5.75 Å². The molecule has 0 bridgehead atoms. The van der Waals surface area contributed by atoms with Crippen LogP contribution in [-0.4, -0.2) is 17.6 Å². The summed E-state index contributed by atoms with van der Waals surface area (Å²) >= 11 is 11.2. The van der Waals surface area contributed by atoms with Crippen LogP contribution in [0.25, 0.3) is 0 Å². The molecule has 25 heavy (non-hydrogen) atoms. The van der Waals surface area contributed by atoms with E-state index in [2.05, 4.69) is 17.6 Å². The molecule has 0 aliphatic carbocycles. The van der Waals surface area contributed by atoms with E-state index in [0.717, 1.165) is 24.1 Å². The van der Waals surface area contributed by atoms with Crippen LogP contribution in [0.3, 0.4) is 0 Å². The summed E-state index contributed by atoms with van der Waals surface area (Å²) in [7, 11) is 0. The molecule has 132 valence electrons. The van der Waals surface area contributed by atoms with Crippen molar-refractivity contribution in [1.29, 1.82) is 0 Å². The summed E-state index contributed by atoms with van der Waals surface area (Å²) in [6.07, 6.45) is 2.03. The van der Waals surface area contributed by atoms with Crippen molar-refractivity contribution >= 4 is 40.5 Å². The topological polar surface area (TPSA) is 50.4 Å². The van der Waals surface area contributed by atoms with E-state index >= 15 is 0 Å². The summed E-state index contributed by atoms with van der Waals surface area (Å²) in [6, 6.07) is 12.5. The number of halogens is 1. The Labute approximate surface area is 158 Å². The zero-order valence-corrected chi connectivity index (χ0v) is 15.8. The van der Waals surface area contributed by atoms with Crippen LogP contribution in [0.1, 0.15) is 35.7 Å². The largest absolute Gasteiger partial charge is 0.494 e. The number of carbonyl (C=O) groups is 1. The predicted molar refractivity (Wildman–Crippen MR) is 107 cm³/mol. The second-order valence-electron chi connectivity index (χ2n) is 5.60. The zero-order chi connectivity index (χ0) is 18.2. The fourth-order valence-corrected chi connectivity index (χ4v) is 2.49. The van der Waals surface area contributed by atoms with Gasteiger partial charge in [0.2, 0.25) is 0 Å².